The fourth-order valence-electron chi connectivity index (χ4n) is 3.42. The summed E-state index contributed by atoms with van der Waals surface area (Å²) in [5.41, 5.74) is 0.871. The number of methoxy groups -OCH3 is 2. The first-order valence-electron chi connectivity index (χ1n) is 9.14. The molecule has 1 aliphatic rings. The molecule has 1 aromatic heterocycles. The van der Waals surface area contributed by atoms with Gasteiger partial charge in [0.25, 0.3) is 0 Å². The van der Waals surface area contributed by atoms with Crippen molar-refractivity contribution in [2.75, 3.05) is 58.5 Å². The third-order valence-corrected chi connectivity index (χ3v) is 4.85. The summed E-state index contributed by atoms with van der Waals surface area (Å²) >= 11 is 0. The lowest BCUT2D eigenvalue weighted by atomic mass is 10.1. The molecule has 29 heavy (non-hydrogen) atoms. The number of aliphatic hydroxyl groups is 1. The maximum atomic E-state index is 8.93. The Labute approximate surface area is 184 Å². The van der Waals surface area contributed by atoms with E-state index in [0.29, 0.717) is 11.5 Å². The molecule has 8 nitrogen and oxygen atoms in total. The van der Waals surface area contributed by atoms with Crippen LogP contribution in [-0.2, 0) is 0 Å². The van der Waals surface area contributed by atoms with Gasteiger partial charge in [-0.3, -0.25) is 4.90 Å². The lowest BCUT2D eigenvalue weighted by molar-refractivity contribution is 0.232. The number of benzene rings is 1. The molecule has 0 bridgehead atoms. The first kappa shape index (κ1) is 27.4. The third-order valence-electron chi connectivity index (χ3n) is 4.85. The Bertz CT molecular complexity index is 759. The number of anilines is 1. The highest BCUT2D eigenvalue weighted by molar-refractivity contribution is 5.92. The molecule has 0 aliphatic carbocycles. The Hall–Kier alpha value is -1.58. The molecule has 1 aromatic carbocycles. The molecule has 0 unspecified atom stereocenters. The fraction of sp³-hybridized carbons (Fsp3) is 0.579. The number of ether oxygens (including phenoxy) is 2. The number of halogens is 2. The first-order valence-corrected chi connectivity index (χ1v) is 9.14. The van der Waals surface area contributed by atoms with Gasteiger partial charge in [0.1, 0.15) is 11.6 Å². The van der Waals surface area contributed by atoms with Gasteiger partial charge in [-0.05, 0) is 32.4 Å². The lowest BCUT2D eigenvalue weighted by Crippen LogP contribution is -2.47. The van der Waals surface area contributed by atoms with Crippen LogP contribution in [0.25, 0.3) is 10.9 Å². The number of piperazine rings is 1. The molecule has 3 N–H and O–H groups in total. The number of hydrogen-bond acceptors (Lipinski definition) is 7. The second-order valence-electron chi connectivity index (χ2n) is 6.58. The van der Waals surface area contributed by atoms with E-state index in [-0.39, 0.29) is 36.9 Å². The van der Waals surface area contributed by atoms with Crippen LogP contribution in [0.3, 0.4) is 0 Å². The van der Waals surface area contributed by atoms with Gasteiger partial charge in [0.2, 0.25) is 0 Å². The molecule has 0 atom stereocenters. The van der Waals surface area contributed by atoms with Gasteiger partial charge in [0.15, 0.2) is 11.5 Å². The van der Waals surface area contributed by atoms with E-state index < -0.39 is 0 Å². The minimum absolute atomic E-state index is 0. The smallest absolute Gasteiger partial charge is 0.162 e. The Morgan fingerprint density at radius 3 is 2.17 bits per heavy atom. The number of hydrogen-bond donors (Lipinski definition) is 1. The van der Waals surface area contributed by atoms with Crippen LogP contribution in [0.1, 0.15) is 18.7 Å². The van der Waals surface area contributed by atoms with E-state index in [1.807, 2.05) is 19.1 Å². The van der Waals surface area contributed by atoms with E-state index in [2.05, 4.69) is 14.8 Å². The molecule has 0 radical (unpaired) electrons. The molecule has 1 saturated heterocycles. The average Bonchev–Trinajstić information content (AvgIpc) is 2.67. The van der Waals surface area contributed by atoms with E-state index in [0.717, 1.165) is 68.1 Å². The van der Waals surface area contributed by atoms with Crippen LogP contribution in [0, 0.1) is 6.92 Å². The maximum absolute atomic E-state index is 8.93. The molecule has 3 rings (SSSR count). The number of aliphatic hydroxyl groups excluding tert-OH is 1. The molecule has 0 amide bonds. The van der Waals surface area contributed by atoms with Gasteiger partial charge >= 0.3 is 0 Å². The lowest BCUT2D eigenvalue weighted by Gasteiger charge is -2.36. The summed E-state index contributed by atoms with van der Waals surface area (Å²) in [6, 6.07) is 3.88. The largest absolute Gasteiger partial charge is 0.493 e. The van der Waals surface area contributed by atoms with Crippen LogP contribution < -0.4 is 14.4 Å². The van der Waals surface area contributed by atoms with Crippen molar-refractivity contribution in [3.8, 4) is 11.5 Å². The topological polar surface area (TPSA) is 102 Å². The molecule has 0 saturated carbocycles. The van der Waals surface area contributed by atoms with Crippen LogP contribution in [0.15, 0.2) is 12.1 Å². The van der Waals surface area contributed by atoms with Crippen LogP contribution in [0.5, 0.6) is 11.5 Å². The van der Waals surface area contributed by atoms with Crippen molar-refractivity contribution in [1.29, 1.82) is 0 Å². The van der Waals surface area contributed by atoms with Crippen LogP contribution in [0.2, 0.25) is 0 Å². The number of aromatic nitrogens is 2. The van der Waals surface area contributed by atoms with Gasteiger partial charge in [0.05, 0.1) is 19.7 Å². The third kappa shape index (κ3) is 6.45. The average molecular weight is 451 g/mol. The number of rotatable bonds is 7. The van der Waals surface area contributed by atoms with E-state index in [4.69, 9.17) is 19.6 Å². The summed E-state index contributed by atoms with van der Waals surface area (Å²) < 4.78 is 10.9. The van der Waals surface area contributed by atoms with Crippen molar-refractivity contribution in [1.82, 2.24) is 14.9 Å². The van der Waals surface area contributed by atoms with E-state index in [9.17, 15) is 0 Å². The number of aryl methyl sites for hydroxylation is 1. The summed E-state index contributed by atoms with van der Waals surface area (Å²) in [5, 5.41) is 9.92. The van der Waals surface area contributed by atoms with Crippen molar-refractivity contribution in [3.05, 3.63) is 18.0 Å². The van der Waals surface area contributed by atoms with E-state index in [1.54, 1.807) is 14.2 Å². The number of unbranched alkanes of at least 4 members (excludes halogenated alkanes) is 1. The zero-order valence-electron chi connectivity index (χ0n) is 17.2. The standard InChI is InChI=1S/C19H28N4O3.2ClH.H2O/c1-14-20-16-13-18(26-3)17(25-2)12-15(16)19(21-14)23-9-7-22(8-10-23)6-4-5-11-24;;;/h12-13,24H,4-11H2,1-3H3;2*1H;1H2. The minimum atomic E-state index is 0. The monoisotopic (exact) mass is 450 g/mol. The van der Waals surface area contributed by atoms with Gasteiger partial charge < -0.3 is 25.0 Å². The summed E-state index contributed by atoms with van der Waals surface area (Å²) in [7, 11) is 3.28. The first-order chi connectivity index (χ1) is 12.7. The molecule has 166 valence electrons. The summed E-state index contributed by atoms with van der Waals surface area (Å²) in [5.74, 6) is 3.09. The highest BCUT2D eigenvalue weighted by Crippen LogP contribution is 2.35. The van der Waals surface area contributed by atoms with Gasteiger partial charge in [0, 0.05) is 44.2 Å². The van der Waals surface area contributed by atoms with Crippen molar-refractivity contribution >= 4 is 41.5 Å². The minimum Gasteiger partial charge on any atom is -0.493 e. The molecular formula is C19H32Cl2N4O4. The highest BCUT2D eigenvalue weighted by Gasteiger charge is 2.21. The molecule has 1 fully saturated rings. The molecular weight excluding hydrogens is 419 g/mol. The summed E-state index contributed by atoms with van der Waals surface area (Å²) in [6.45, 7) is 7.11. The fourth-order valence-corrected chi connectivity index (χ4v) is 3.42. The zero-order valence-corrected chi connectivity index (χ0v) is 18.8. The summed E-state index contributed by atoms with van der Waals surface area (Å²) in [6.07, 6.45) is 1.92. The normalized spacial score (nSPS) is 13.9. The zero-order chi connectivity index (χ0) is 18.5. The second-order valence-corrected chi connectivity index (χ2v) is 6.58. The van der Waals surface area contributed by atoms with Crippen LogP contribution in [-0.4, -0.2) is 79.0 Å². The van der Waals surface area contributed by atoms with Gasteiger partial charge in [-0.2, -0.15) is 0 Å². The molecule has 1 aliphatic heterocycles. The van der Waals surface area contributed by atoms with Crippen molar-refractivity contribution < 1.29 is 20.1 Å². The maximum Gasteiger partial charge on any atom is 0.162 e. The predicted molar refractivity (Wildman–Crippen MR) is 120 cm³/mol. The van der Waals surface area contributed by atoms with Crippen molar-refractivity contribution in [2.24, 2.45) is 0 Å². The molecule has 2 aromatic rings. The second kappa shape index (κ2) is 12.9. The number of nitrogens with zero attached hydrogens (tertiary/aromatic N) is 4. The van der Waals surface area contributed by atoms with Crippen molar-refractivity contribution in [3.63, 3.8) is 0 Å². The quantitative estimate of drug-likeness (QED) is 0.641. The van der Waals surface area contributed by atoms with Crippen LogP contribution in [0.4, 0.5) is 5.82 Å². The van der Waals surface area contributed by atoms with E-state index >= 15 is 0 Å². The Balaban J connectivity index is 0.00000261. The number of fused-ring (bicyclic) bond motifs is 1. The summed E-state index contributed by atoms with van der Waals surface area (Å²) in [4.78, 5) is 14.1. The Kier molecular flexibility index (Phi) is 12.2. The van der Waals surface area contributed by atoms with Gasteiger partial charge in [-0.25, -0.2) is 9.97 Å². The molecule has 2 heterocycles. The van der Waals surface area contributed by atoms with Gasteiger partial charge in [-0.15, -0.1) is 24.8 Å². The predicted octanol–water partition coefficient (Wildman–Crippen LogP) is 1.87. The Morgan fingerprint density at radius 2 is 1.59 bits per heavy atom. The molecule has 10 heteroatoms. The van der Waals surface area contributed by atoms with Crippen LogP contribution >= 0.6 is 24.8 Å². The van der Waals surface area contributed by atoms with Gasteiger partial charge in [-0.1, -0.05) is 0 Å². The highest BCUT2D eigenvalue weighted by atomic mass is 35.5. The Morgan fingerprint density at radius 1 is 0.966 bits per heavy atom. The van der Waals surface area contributed by atoms with E-state index in [1.165, 1.54) is 0 Å². The molecule has 0 spiro atoms. The van der Waals surface area contributed by atoms with Crippen molar-refractivity contribution in [2.45, 2.75) is 19.8 Å². The SMILES string of the molecule is COc1cc2nc(C)nc(N3CCN(CCCCO)CC3)c2cc1OC.Cl.Cl.O.